The van der Waals surface area contributed by atoms with Crippen molar-refractivity contribution in [2.75, 3.05) is 19.8 Å². The summed E-state index contributed by atoms with van der Waals surface area (Å²) in [6.45, 7) is 2.78. The summed E-state index contributed by atoms with van der Waals surface area (Å²) in [6, 6.07) is -1.52. The summed E-state index contributed by atoms with van der Waals surface area (Å²) in [5, 5.41) is 8.88. The number of carboxylic acids is 1. The molecule has 0 bridgehead atoms. The van der Waals surface area contributed by atoms with E-state index in [0.717, 1.165) is 57.8 Å². The molecule has 0 aliphatic heterocycles. The Morgan fingerprint density at radius 2 is 0.911 bits per heavy atom. The molecule has 0 fully saturated rings. The van der Waals surface area contributed by atoms with Gasteiger partial charge in [-0.3, -0.25) is 23.4 Å². The van der Waals surface area contributed by atoms with Crippen molar-refractivity contribution in [2.45, 2.75) is 231 Å². The number of ether oxygens (including phenoxy) is 2. The number of hydrogen-bond donors (Lipinski definition) is 3. The first-order chi connectivity index (χ1) is 27.1. The standard InChI is InChI=1S/C44H84NO10P/c1-3-5-7-9-11-13-15-16-17-18-19-20-21-22-23-24-26-28-30-32-34-36-43(47)55-40(38-53-56(50,51)54-39-41(45)44(48)49)37-52-42(46)35-33-31-29-27-25-14-12-10-8-6-4-2/h10,12,40-41H,3-9,11,13-39,45H2,1-2H3,(H,48,49)(H,50,51)/b12-10+/t40-,41-/m0/s1. The third-order valence-electron chi connectivity index (χ3n) is 10.0. The third-order valence-corrected chi connectivity index (χ3v) is 11.0. The van der Waals surface area contributed by atoms with Crippen LogP contribution < -0.4 is 5.73 Å². The molecule has 0 amide bonds. The molecule has 1 unspecified atom stereocenters. The van der Waals surface area contributed by atoms with Gasteiger partial charge in [0.1, 0.15) is 12.6 Å². The van der Waals surface area contributed by atoms with E-state index in [2.05, 4.69) is 30.5 Å². The van der Waals surface area contributed by atoms with Gasteiger partial charge in [-0.25, -0.2) is 4.57 Å². The monoisotopic (exact) mass is 818 g/mol. The fourth-order valence-electron chi connectivity index (χ4n) is 6.40. The first-order valence-corrected chi connectivity index (χ1v) is 24.2. The number of nitrogens with two attached hydrogens (primary N) is 1. The minimum Gasteiger partial charge on any atom is -0.480 e. The molecule has 0 saturated carbocycles. The van der Waals surface area contributed by atoms with Crippen LogP contribution in [0.5, 0.6) is 0 Å². The molecule has 0 aliphatic rings. The third kappa shape index (κ3) is 39.1. The van der Waals surface area contributed by atoms with E-state index in [1.165, 1.54) is 122 Å². The molecule has 0 aliphatic carbocycles. The quantitative estimate of drug-likeness (QED) is 0.0231. The summed E-state index contributed by atoms with van der Waals surface area (Å²) in [4.78, 5) is 45.9. The van der Waals surface area contributed by atoms with Crippen molar-refractivity contribution < 1.29 is 47.5 Å². The van der Waals surface area contributed by atoms with E-state index >= 15 is 0 Å². The maximum atomic E-state index is 12.6. The van der Waals surface area contributed by atoms with E-state index in [1.807, 2.05) is 0 Å². The van der Waals surface area contributed by atoms with Crippen LogP contribution in [0, 0.1) is 0 Å². The van der Waals surface area contributed by atoms with Crippen LogP contribution in [0.2, 0.25) is 0 Å². The van der Waals surface area contributed by atoms with Gasteiger partial charge in [0.25, 0.3) is 0 Å². The van der Waals surface area contributed by atoms with Gasteiger partial charge in [0, 0.05) is 12.8 Å². The fourth-order valence-corrected chi connectivity index (χ4v) is 7.18. The lowest BCUT2D eigenvalue weighted by molar-refractivity contribution is -0.161. The van der Waals surface area contributed by atoms with Gasteiger partial charge in [-0.2, -0.15) is 0 Å². The van der Waals surface area contributed by atoms with E-state index in [-0.39, 0.29) is 19.4 Å². The van der Waals surface area contributed by atoms with Crippen molar-refractivity contribution in [2.24, 2.45) is 5.73 Å². The van der Waals surface area contributed by atoms with Crippen LogP contribution in [0.25, 0.3) is 0 Å². The van der Waals surface area contributed by atoms with Crippen molar-refractivity contribution >= 4 is 25.7 Å². The molecule has 0 saturated heterocycles. The second-order valence-electron chi connectivity index (χ2n) is 15.5. The van der Waals surface area contributed by atoms with E-state index < -0.39 is 51.1 Å². The molecule has 0 spiro atoms. The molecule has 0 aromatic heterocycles. The number of aliphatic carboxylic acids is 1. The normalized spacial score (nSPS) is 13.8. The molecule has 0 rings (SSSR count). The van der Waals surface area contributed by atoms with Gasteiger partial charge in [-0.1, -0.05) is 187 Å². The highest BCUT2D eigenvalue weighted by Crippen LogP contribution is 2.43. The van der Waals surface area contributed by atoms with Crippen molar-refractivity contribution in [1.82, 2.24) is 0 Å². The molecule has 330 valence electrons. The smallest absolute Gasteiger partial charge is 0.472 e. The van der Waals surface area contributed by atoms with Gasteiger partial charge in [-0.05, 0) is 32.1 Å². The van der Waals surface area contributed by atoms with Crippen molar-refractivity contribution in [3.05, 3.63) is 12.2 Å². The highest BCUT2D eigenvalue weighted by atomic mass is 31.2. The summed E-state index contributed by atoms with van der Waals surface area (Å²) in [6.07, 6.45) is 40.0. The van der Waals surface area contributed by atoms with Crippen LogP contribution in [-0.2, 0) is 37.5 Å². The maximum Gasteiger partial charge on any atom is 0.472 e. The molecule has 0 radical (unpaired) electrons. The molecule has 11 nitrogen and oxygen atoms in total. The van der Waals surface area contributed by atoms with E-state index in [0.29, 0.717) is 12.8 Å². The summed E-state index contributed by atoms with van der Waals surface area (Å²) < 4.78 is 32.7. The number of carbonyl (C=O) groups is 3. The lowest BCUT2D eigenvalue weighted by atomic mass is 10.0. The van der Waals surface area contributed by atoms with Crippen LogP contribution in [0.15, 0.2) is 12.2 Å². The lowest BCUT2D eigenvalue weighted by Crippen LogP contribution is -2.34. The van der Waals surface area contributed by atoms with Crippen molar-refractivity contribution in [1.29, 1.82) is 0 Å². The summed E-state index contributed by atoms with van der Waals surface area (Å²) in [7, 11) is -4.71. The molecular formula is C44H84NO10P. The second-order valence-corrected chi connectivity index (χ2v) is 17.0. The predicted octanol–water partition coefficient (Wildman–Crippen LogP) is 12.1. The summed E-state index contributed by atoms with van der Waals surface area (Å²) in [5.41, 5.74) is 5.33. The highest BCUT2D eigenvalue weighted by molar-refractivity contribution is 7.47. The Balaban J connectivity index is 4.23. The maximum absolute atomic E-state index is 12.6. The number of esters is 2. The number of phosphoric acid groups is 1. The number of rotatable bonds is 43. The first-order valence-electron chi connectivity index (χ1n) is 22.7. The van der Waals surface area contributed by atoms with Crippen LogP contribution in [0.4, 0.5) is 0 Å². The molecule has 0 aromatic carbocycles. The van der Waals surface area contributed by atoms with Crippen molar-refractivity contribution in [3.63, 3.8) is 0 Å². The molecule has 4 N–H and O–H groups in total. The van der Waals surface area contributed by atoms with Crippen LogP contribution in [0.1, 0.15) is 219 Å². The Morgan fingerprint density at radius 1 is 0.536 bits per heavy atom. The SMILES string of the molecule is CCCC/C=C/CCCCCCCC(=O)OC[C@@H](COP(=O)(O)OC[C@H](N)C(=O)O)OC(=O)CCCCCCCCCCCCCCCCCCCCCCC. The summed E-state index contributed by atoms with van der Waals surface area (Å²) >= 11 is 0. The Labute approximate surface area is 341 Å². The first kappa shape index (κ1) is 54.2. The predicted molar refractivity (Wildman–Crippen MR) is 226 cm³/mol. The number of carboxylic acid groups (broad SMARTS) is 1. The largest absolute Gasteiger partial charge is 0.480 e. The number of hydrogen-bond acceptors (Lipinski definition) is 9. The van der Waals surface area contributed by atoms with Crippen molar-refractivity contribution in [3.8, 4) is 0 Å². The summed E-state index contributed by atoms with van der Waals surface area (Å²) in [5.74, 6) is -2.38. The Hall–Kier alpha value is -1.78. The molecule has 0 heterocycles. The van der Waals surface area contributed by atoms with Gasteiger partial charge in [0.15, 0.2) is 6.10 Å². The zero-order valence-corrected chi connectivity index (χ0v) is 36.6. The highest BCUT2D eigenvalue weighted by Gasteiger charge is 2.28. The zero-order chi connectivity index (χ0) is 41.4. The molecule has 3 atom stereocenters. The van der Waals surface area contributed by atoms with Crippen LogP contribution >= 0.6 is 7.82 Å². The van der Waals surface area contributed by atoms with E-state index in [1.54, 1.807) is 0 Å². The fraction of sp³-hybridized carbons (Fsp3) is 0.886. The molecular weight excluding hydrogens is 733 g/mol. The Morgan fingerprint density at radius 3 is 1.36 bits per heavy atom. The lowest BCUT2D eigenvalue weighted by Gasteiger charge is -2.20. The van der Waals surface area contributed by atoms with Gasteiger partial charge >= 0.3 is 25.7 Å². The van der Waals surface area contributed by atoms with Gasteiger partial charge in [0.2, 0.25) is 0 Å². The number of unbranched alkanes of at least 4 members (excludes halogenated alkanes) is 27. The van der Waals surface area contributed by atoms with Gasteiger partial charge in [-0.15, -0.1) is 0 Å². The number of phosphoric ester groups is 1. The topological polar surface area (TPSA) is 172 Å². The van der Waals surface area contributed by atoms with Crippen LogP contribution in [-0.4, -0.2) is 59.9 Å². The molecule has 56 heavy (non-hydrogen) atoms. The average molecular weight is 818 g/mol. The van der Waals surface area contributed by atoms with Gasteiger partial charge < -0.3 is 25.2 Å². The van der Waals surface area contributed by atoms with Gasteiger partial charge in [0.05, 0.1) is 13.2 Å². The van der Waals surface area contributed by atoms with E-state index in [9.17, 15) is 23.8 Å². The van der Waals surface area contributed by atoms with Crippen LogP contribution in [0.3, 0.4) is 0 Å². The average Bonchev–Trinajstić information content (AvgIpc) is 3.17. The molecule has 0 aromatic rings. The number of carbonyl (C=O) groups excluding carboxylic acids is 2. The zero-order valence-electron chi connectivity index (χ0n) is 35.7. The minimum absolute atomic E-state index is 0.165. The van der Waals surface area contributed by atoms with E-state index in [4.69, 9.17) is 24.8 Å². The second kappa shape index (κ2) is 40.0. The Bertz CT molecular complexity index is 1010. The number of allylic oxidation sites excluding steroid dienone is 2. The molecule has 12 heteroatoms. The minimum atomic E-state index is -4.71. The Kier molecular flexibility index (Phi) is 38.7.